The summed E-state index contributed by atoms with van der Waals surface area (Å²) in [6.07, 6.45) is 0.719. The van der Waals surface area contributed by atoms with Crippen LogP contribution in [0.15, 0.2) is 0 Å². The molecule has 86 valence electrons. The molecule has 1 heterocycles. The summed E-state index contributed by atoms with van der Waals surface area (Å²) in [5.41, 5.74) is 0. The molecule has 0 bridgehead atoms. The van der Waals surface area contributed by atoms with E-state index in [1.54, 1.807) is 4.90 Å². The number of carbonyl (C=O) groups is 1. The number of nitrogens with zero attached hydrogens (tertiary/aromatic N) is 1. The maximum absolute atomic E-state index is 11.2. The van der Waals surface area contributed by atoms with Crippen LogP contribution in [0.5, 0.6) is 0 Å². The van der Waals surface area contributed by atoms with Crippen molar-refractivity contribution in [3.63, 3.8) is 0 Å². The van der Waals surface area contributed by atoms with Gasteiger partial charge in [-0.05, 0) is 13.8 Å². The van der Waals surface area contributed by atoms with E-state index in [0.717, 1.165) is 19.3 Å². The van der Waals surface area contributed by atoms with Crippen LogP contribution in [-0.2, 0) is 9.47 Å². The van der Waals surface area contributed by atoms with E-state index in [4.69, 9.17) is 9.47 Å². The molecule has 2 amide bonds. The molecule has 1 aliphatic heterocycles. The number of ether oxygens (including phenoxy) is 2. The monoisotopic (exact) mass is 230 g/mol. The third-order valence-corrected chi connectivity index (χ3v) is 3.26. The highest BCUT2D eigenvalue weighted by molar-refractivity contribution is 6.37. The van der Waals surface area contributed by atoms with Crippen LogP contribution in [-0.4, -0.2) is 58.8 Å². The number of carbonyl (C=O) groups excluding carboxylic acids is 1. The van der Waals surface area contributed by atoms with Crippen molar-refractivity contribution >= 4 is 15.6 Å². The van der Waals surface area contributed by atoms with Crippen LogP contribution >= 0.6 is 0 Å². The molecular formula is C9H18N2O3Si. The van der Waals surface area contributed by atoms with Gasteiger partial charge in [-0.2, -0.15) is 0 Å². The Balaban J connectivity index is 2.22. The fourth-order valence-corrected chi connectivity index (χ4v) is 2.56. The standard InChI is InChI=1S/C9H18N2O3Si/c1-3-13-9(14-4-2)15-7-11-6-5-10-8(11)12/h9H,3-7H2,1-2H3,(H,10,12). The van der Waals surface area contributed by atoms with Crippen molar-refractivity contribution < 1.29 is 14.3 Å². The molecular weight excluding hydrogens is 212 g/mol. The summed E-state index contributed by atoms with van der Waals surface area (Å²) in [4.78, 5) is 13.0. The highest BCUT2D eigenvalue weighted by Gasteiger charge is 2.21. The van der Waals surface area contributed by atoms with Gasteiger partial charge in [-0.25, -0.2) is 4.79 Å². The van der Waals surface area contributed by atoms with Crippen LogP contribution in [0.1, 0.15) is 13.8 Å². The van der Waals surface area contributed by atoms with Crippen molar-refractivity contribution in [2.75, 3.05) is 32.5 Å². The third kappa shape index (κ3) is 4.19. The highest BCUT2D eigenvalue weighted by atomic mass is 28.2. The minimum atomic E-state index is -0.159. The molecule has 1 saturated heterocycles. The van der Waals surface area contributed by atoms with E-state index in [1.807, 2.05) is 13.8 Å². The normalized spacial score (nSPS) is 16.2. The van der Waals surface area contributed by atoms with Crippen molar-refractivity contribution in [2.45, 2.75) is 19.8 Å². The number of rotatable bonds is 7. The predicted octanol–water partition coefficient (Wildman–Crippen LogP) is 0.0299. The van der Waals surface area contributed by atoms with E-state index in [0.29, 0.717) is 22.7 Å². The Morgan fingerprint density at radius 3 is 2.60 bits per heavy atom. The number of amides is 2. The van der Waals surface area contributed by atoms with Gasteiger partial charge in [-0.1, -0.05) is 0 Å². The highest BCUT2D eigenvalue weighted by Crippen LogP contribution is 1.99. The van der Waals surface area contributed by atoms with E-state index in [9.17, 15) is 4.79 Å². The lowest BCUT2D eigenvalue weighted by Gasteiger charge is -2.19. The van der Waals surface area contributed by atoms with Crippen LogP contribution in [0.4, 0.5) is 4.79 Å². The lowest BCUT2D eigenvalue weighted by atomic mass is 10.7. The van der Waals surface area contributed by atoms with Crippen molar-refractivity contribution in [3.05, 3.63) is 0 Å². The van der Waals surface area contributed by atoms with Gasteiger partial charge in [0.05, 0.1) is 0 Å². The molecule has 0 unspecified atom stereocenters. The molecule has 0 atom stereocenters. The molecule has 0 aromatic rings. The Labute approximate surface area is 92.9 Å². The average molecular weight is 230 g/mol. The lowest BCUT2D eigenvalue weighted by Crippen LogP contribution is -2.37. The quantitative estimate of drug-likeness (QED) is 0.496. The minimum Gasteiger partial charge on any atom is -0.357 e. The molecule has 1 N–H and O–H groups in total. The molecule has 0 aromatic heterocycles. The van der Waals surface area contributed by atoms with Crippen LogP contribution in [0.25, 0.3) is 0 Å². The first-order chi connectivity index (χ1) is 7.27. The summed E-state index contributed by atoms with van der Waals surface area (Å²) in [6.45, 7) is 6.71. The van der Waals surface area contributed by atoms with Gasteiger partial charge >= 0.3 is 6.03 Å². The first-order valence-electron chi connectivity index (χ1n) is 5.27. The summed E-state index contributed by atoms with van der Waals surface area (Å²) < 4.78 is 10.8. The van der Waals surface area contributed by atoms with Crippen molar-refractivity contribution in [1.82, 2.24) is 10.2 Å². The molecule has 0 aliphatic carbocycles. The lowest BCUT2D eigenvalue weighted by molar-refractivity contribution is -0.0831. The van der Waals surface area contributed by atoms with E-state index < -0.39 is 0 Å². The topological polar surface area (TPSA) is 50.8 Å². The second kappa shape index (κ2) is 6.81. The van der Waals surface area contributed by atoms with Gasteiger partial charge in [0.2, 0.25) is 0 Å². The fourth-order valence-electron chi connectivity index (χ4n) is 1.32. The number of urea groups is 1. The molecule has 0 aromatic carbocycles. The summed E-state index contributed by atoms with van der Waals surface area (Å²) >= 11 is 0. The summed E-state index contributed by atoms with van der Waals surface area (Å²) in [5.74, 6) is -0.159. The van der Waals surface area contributed by atoms with E-state index in [2.05, 4.69) is 5.32 Å². The third-order valence-electron chi connectivity index (χ3n) is 2.03. The van der Waals surface area contributed by atoms with Crippen LogP contribution in [0.2, 0.25) is 0 Å². The molecule has 1 aliphatic rings. The smallest absolute Gasteiger partial charge is 0.317 e. The zero-order valence-corrected chi connectivity index (χ0v) is 10.3. The van der Waals surface area contributed by atoms with Crippen molar-refractivity contribution in [1.29, 1.82) is 0 Å². The van der Waals surface area contributed by atoms with Gasteiger partial charge in [0.15, 0.2) is 0 Å². The molecule has 1 fully saturated rings. The zero-order valence-electron chi connectivity index (χ0n) is 9.28. The number of nitrogens with one attached hydrogen (secondary N) is 1. The molecule has 6 heteroatoms. The minimum absolute atomic E-state index is 0.0225. The molecule has 15 heavy (non-hydrogen) atoms. The van der Waals surface area contributed by atoms with E-state index in [-0.39, 0.29) is 11.9 Å². The average Bonchev–Trinajstić information content (AvgIpc) is 2.61. The molecule has 1 rings (SSSR count). The van der Waals surface area contributed by atoms with Crippen LogP contribution < -0.4 is 5.32 Å². The van der Waals surface area contributed by atoms with Gasteiger partial charge < -0.3 is 19.7 Å². The second-order valence-corrected chi connectivity index (χ2v) is 4.30. The van der Waals surface area contributed by atoms with Gasteiger partial charge in [0.1, 0.15) is 15.4 Å². The van der Waals surface area contributed by atoms with E-state index >= 15 is 0 Å². The zero-order chi connectivity index (χ0) is 11.1. The first kappa shape index (κ1) is 12.5. The van der Waals surface area contributed by atoms with Gasteiger partial charge in [0.25, 0.3) is 0 Å². The Morgan fingerprint density at radius 2 is 2.13 bits per heavy atom. The Hall–Kier alpha value is -0.593. The van der Waals surface area contributed by atoms with Gasteiger partial charge in [-0.15, -0.1) is 0 Å². The predicted molar refractivity (Wildman–Crippen MR) is 57.8 cm³/mol. The Bertz CT molecular complexity index is 198. The first-order valence-corrected chi connectivity index (χ1v) is 6.55. The van der Waals surface area contributed by atoms with Crippen molar-refractivity contribution in [2.24, 2.45) is 0 Å². The molecule has 0 saturated carbocycles. The largest absolute Gasteiger partial charge is 0.357 e. The van der Waals surface area contributed by atoms with Gasteiger partial charge in [0, 0.05) is 32.5 Å². The Kier molecular flexibility index (Phi) is 5.67. The summed E-state index contributed by atoms with van der Waals surface area (Å²) in [6, 6.07) is 0.0225. The maximum Gasteiger partial charge on any atom is 0.317 e. The maximum atomic E-state index is 11.2. The SMILES string of the molecule is CCOC(OCC)[Si]CN1CCNC1=O. The fraction of sp³-hybridized carbons (Fsp3) is 0.889. The van der Waals surface area contributed by atoms with Gasteiger partial charge in [-0.3, -0.25) is 0 Å². The Morgan fingerprint density at radius 1 is 1.47 bits per heavy atom. The number of hydrogen-bond acceptors (Lipinski definition) is 3. The van der Waals surface area contributed by atoms with Crippen molar-refractivity contribution in [3.8, 4) is 0 Å². The van der Waals surface area contributed by atoms with E-state index in [1.165, 1.54) is 0 Å². The number of hydrogen-bond donors (Lipinski definition) is 1. The summed E-state index contributed by atoms with van der Waals surface area (Å²) in [7, 11) is 0.478. The molecule has 2 radical (unpaired) electrons. The second-order valence-electron chi connectivity index (χ2n) is 3.10. The van der Waals surface area contributed by atoms with Crippen LogP contribution in [0, 0.1) is 0 Å². The molecule has 0 spiro atoms. The van der Waals surface area contributed by atoms with Crippen LogP contribution in [0.3, 0.4) is 0 Å². The summed E-state index contributed by atoms with van der Waals surface area (Å²) in [5, 5.41) is 2.77. The molecule has 5 nitrogen and oxygen atoms in total.